The van der Waals surface area contributed by atoms with Crippen LogP contribution in [0.3, 0.4) is 0 Å². The summed E-state index contributed by atoms with van der Waals surface area (Å²) in [4.78, 5) is 4.14. The molecule has 1 saturated heterocycles. The lowest BCUT2D eigenvalue weighted by atomic mass is 9.82. The lowest BCUT2D eigenvalue weighted by Crippen LogP contribution is -2.41. The number of rotatable bonds is 2. The van der Waals surface area contributed by atoms with Gasteiger partial charge in [0.2, 0.25) is 0 Å². The molecule has 0 radical (unpaired) electrons. The van der Waals surface area contributed by atoms with Gasteiger partial charge in [0.05, 0.1) is 11.2 Å². The third-order valence-electron chi connectivity index (χ3n) is 4.44. The molecule has 0 unspecified atom stereocenters. The van der Waals surface area contributed by atoms with Gasteiger partial charge in [-0.3, -0.25) is 4.98 Å². The number of nitrogens with zero attached hydrogens (tertiary/aromatic N) is 1. The van der Waals surface area contributed by atoms with E-state index < -0.39 is 18.3 Å². The summed E-state index contributed by atoms with van der Waals surface area (Å²) in [6.07, 6.45) is 3.77. The molecular weight excluding hydrogens is 244 g/mol. The van der Waals surface area contributed by atoms with Gasteiger partial charge in [-0.05, 0) is 58.1 Å². The van der Waals surface area contributed by atoms with E-state index >= 15 is 0 Å². The summed E-state index contributed by atoms with van der Waals surface area (Å²) in [7, 11) is -0.719. The third-order valence-corrected chi connectivity index (χ3v) is 4.44. The molecule has 3 nitrogen and oxygen atoms in total. The topological polar surface area (TPSA) is 31.4 Å². The van der Waals surface area contributed by atoms with Crippen LogP contribution in [0.5, 0.6) is 0 Å². The molecule has 0 aromatic carbocycles. The molecule has 0 N–H and O–H groups in total. The highest BCUT2D eigenvalue weighted by molar-refractivity contribution is 6.61. The molecule has 2 fully saturated rings. The fourth-order valence-electron chi connectivity index (χ4n) is 2.30. The van der Waals surface area contributed by atoms with Crippen LogP contribution in [-0.2, 0) is 9.31 Å². The lowest BCUT2D eigenvalue weighted by Gasteiger charge is -2.32. The van der Waals surface area contributed by atoms with Gasteiger partial charge < -0.3 is 9.31 Å². The van der Waals surface area contributed by atoms with Crippen molar-refractivity contribution in [1.29, 1.82) is 0 Å². The Labute approximate surface area is 113 Å². The SMILES string of the molecule is CC1(C)OB(c2nccc(C3CC3)c2F)OC1(C)C. The Hall–Kier alpha value is -0.935. The fourth-order valence-corrected chi connectivity index (χ4v) is 2.30. The van der Waals surface area contributed by atoms with E-state index in [9.17, 15) is 4.39 Å². The standard InChI is InChI=1S/C14H19BFNO2/c1-13(2)14(3,4)19-15(18-13)12-11(16)10(7-8-17-12)9-5-6-9/h7-9H,5-6H2,1-4H3. The van der Waals surface area contributed by atoms with Crippen molar-refractivity contribution in [3.05, 3.63) is 23.6 Å². The van der Waals surface area contributed by atoms with E-state index in [1.165, 1.54) is 0 Å². The molecule has 102 valence electrons. The van der Waals surface area contributed by atoms with Crippen molar-refractivity contribution in [1.82, 2.24) is 4.98 Å². The first-order valence-electron chi connectivity index (χ1n) is 6.82. The van der Waals surface area contributed by atoms with Gasteiger partial charge in [-0.1, -0.05) is 0 Å². The maximum Gasteiger partial charge on any atom is 0.517 e. The van der Waals surface area contributed by atoms with Crippen LogP contribution in [0, 0.1) is 5.82 Å². The van der Waals surface area contributed by atoms with Crippen LogP contribution >= 0.6 is 0 Å². The van der Waals surface area contributed by atoms with Crippen molar-refractivity contribution < 1.29 is 13.7 Å². The van der Waals surface area contributed by atoms with Crippen molar-refractivity contribution in [2.24, 2.45) is 0 Å². The molecule has 19 heavy (non-hydrogen) atoms. The van der Waals surface area contributed by atoms with Gasteiger partial charge in [0.25, 0.3) is 0 Å². The van der Waals surface area contributed by atoms with Gasteiger partial charge in [-0.15, -0.1) is 0 Å². The number of hydrogen-bond acceptors (Lipinski definition) is 3. The molecule has 2 aliphatic rings. The van der Waals surface area contributed by atoms with Gasteiger partial charge in [-0.25, -0.2) is 4.39 Å². The zero-order chi connectivity index (χ0) is 13.8. The highest BCUT2D eigenvalue weighted by Gasteiger charge is 2.53. The summed E-state index contributed by atoms with van der Waals surface area (Å²) >= 11 is 0. The molecule has 0 spiro atoms. The summed E-state index contributed by atoms with van der Waals surface area (Å²) < 4.78 is 26.2. The Bertz CT molecular complexity index is 498. The summed E-state index contributed by atoms with van der Waals surface area (Å²) in [5.41, 5.74) is 0.0886. The third kappa shape index (κ3) is 2.09. The Morgan fingerprint density at radius 2 is 1.79 bits per heavy atom. The predicted octanol–water partition coefficient (Wildman–Crippen LogP) is 2.40. The highest BCUT2D eigenvalue weighted by atomic mass is 19.1. The van der Waals surface area contributed by atoms with Crippen LogP contribution in [0.25, 0.3) is 0 Å². The monoisotopic (exact) mass is 263 g/mol. The van der Waals surface area contributed by atoms with Crippen LogP contribution < -0.4 is 5.59 Å². The summed E-state index contributed by atoms with van der Waals surface area (Å²) in [5.74, 6) is 0.0904. The van der Waals surface area contributed by atoms with E-state index in [-0.39, 0.29) is 11.4 Å². The van der Waals surface area contributed by atoms with Gasteiger partial charge in [0.1, 0.15) is 11.4 Å². The van der Waals surface area contributed by atoms with Crippen LogP contribution in [0.2, 0.25) is 0 Å². The van der Waals surface area contributed by atoms with E-state index in [1.54, 1.807) is 12.3 Å². The molecule has 0 bridgehead atoms. The highest BCUT2D eigenvalue weighted by Crippen LogP contribution is 2.41. The Morgan fingerprint density at radius 1 is 1.21 bits per heavy atom. The average molecular weight is 263 g/mol. The molecule has 1 aromatic rings. The minimum absolute atomic E-state index is 0.261. The zero-order valence-electron chi connectivity index (χ0n) is 11.9. The quantitative estimate of drug-likeness (QED) is 0.768. The molecule has 0 amide bonds. The maximum atomic E-state index is 14.5. The molecule has 1 saturated carbocycles. The number of pyridine rings is 1. The van der Waals surface area contributed by atoms with Gasteiger partial charge in [0.15, 0.2) is 0 Å². The summed E-state index contributed by atoms with van der Waals surface area (Å²) in [6, 6.07) is 1.77. The van der Waals surface area contributed by atoms with E-state index in [4.69, 9.17) is 9.31 Å². The molecule has 0 atom stereocenters. The van der Waals surface area contributed by atoms with Crippen LogP contribution in [-0.4, -0.2) is 23.3 Å². The Balaban J connectivity index is 1.94. The van der Waals surface area contributed by atoms with Crippen LogP contribution in [0.1, 0.15) is 52.0 Å². The molecule has 1 aromatic heterocycles. The second-order valence-electron chi connectivity index (χ2n) is 6.46. The molecule has 2 heterocycles. The molecular formula is C14H19BFNO2. The number of halogens is 1. The smallest absolute Gasteiger partial charge is 0.398 e. The van der Waals surface area contributed by atoms with Crippen LogP contribution in [0.15, 0.2) is 12.3 Å². The summed E-state index contributed by atoms with van der Waals surface area (Å²) in [5, 5.41) is 0. The van der Waals surface area contributed by atoms with Crippen molar-refractivity contribution in [3.63, 3.8) is 0 Å². The molecule has 1 aliphatic heterocycles. The predicted molar refractivity (Wildman–Crippen MR) is 71.9 cm³/mol. The Morgan fingerprint density at radius 3 is 2.32 bits per heavy atom. The lowest BCUT2D eigenvalue weighted by molar-refractivity contribution is 0.00578. The van der Waals surface area contributed by atoms with Crippen molar-refractivity contribution >= 4 is 12.7 Å². The van der Waals surface area contributed by atoms with Crippen molar-refractivity contribution in [2.75, 3.05) is 0 Å². The van der Waals surface area contributed by atoms with E-state index in [0.717, 1.165) is 18.4 Å². The maximum absolute atomic E-state index is 14.5. The fraction of sp³-hybridized carbons (Fsp3) is 0.643. The van der Waals surface area contributed by atoms with Crippen molar-refractivity contribution in [3.8, 4) is 0 Å². The van der Waals surface area contributed by atoms with Gasteiger partial charge in [0, 0.05) is 6.20 Å². The second kappa shape index (κ2) is 4.03. The molecule has 5 heteroatoms. The minimum atomic E-state index is -0.719. The summed E-state index contributed by atoms with van der Waals surface area (Å²) in [6.45, 7) is 7.82. The normalized spacial score (nSPS) is 24.8. The molecule has 3 rings (SSSR count). The Kier molecular flexibility index (Phi) is 2.77. The number of hydrogen-bond donors (Lipinski definition) is 0. The van der Waals surface area contributed by atoms with Crippen molar-refractivity contribution in [2.45, 2.75) is 57.7 Å². The van der Waals surface area contributed by atoms with Crippen LogP contribution in [0.4, 0.5) is 4.39 Å². The second-order valence-corrected chi connectivity index (χ2v) is 6.46. The first-order chi connectivity index (χ1) is 8.82. The van der Waals surface area contributed by atoms with E-state index in [1.807, 2.05) is 27.7 Å². The largest absolute Gasteiger partial charge is 0.517 e. The minimum Gasteiger partial charge on any atom is -0.398 e. The van der Waals surface area contributed by atoms with Gasteiger partial charge >= 0.3 is 7.12 Å². The zero-order valence-corrected chi connectivity index (χ0v) is 11.9. The first-order valence-corrected chi connectivity index (χ1v) is 6.82. The van der Waals surface area contributed by atoms with E-state index in [2.05, 4.69) is 4.98 Å². The average Bonchev–Trinajstić information content (AvgIpc) is 3.08. The number of aromatic nitrogens is 1. The molecule has 1 aliphatic carbocycles. The van der Waals surface area contributed by atoms with Gasteiger partial charge in [-0.2, -0.15) is 0 Å². The first kappa shape index (κ1) is 13.1. The van der Waals surface area contributed by atoms with E-state index in [0.29, 0.717) is 5.92 Å².